The molecule has 3 rings (SSSR count). The molecule has 0 bridgehead atoms. The second kappa shape index (κ2) is 7.07. The Bertz CT molecular complexity index is 1020. The zero-order chi connectivity index (χ0) is 17.8. The number of carbonyl (C=O) groups is 1. The van der Waals surface area contributed by atoms with Crippen LogP contribution >= 0.6 is 11.6 Å². The molecule has 3 aromatic rings. The predicted octanol–water partition coefficient (Wildman–Crippen LogP) is 3.98. The van der Waals surface area contributed by atoms with Gasteiger partial charge in [0.25, 0.3) is 5.91 Å². The summed E-state index contributed by atoms with van der Waals surface area (Å²) in [5, 5.41) is 23.2. The predicted molar refractivity (Wildman–Crippen MR) is 98.2 cm³/mol. The zero-order valence-electron chi connectivity index (χ0n) is 13.3. The molecule has 1 heterocycles. The third-order valence-electron chi connectivity index (χ3n) is 3.64. The molecule has 1 amide bonds. The highest BCUT2D eigenvalue weighted by Crippen LogP contribution is 2.21. The molecule has 0 aliphatic rings. The molecule has 0 atom stereocenters. The standard InChI is InChI=1S/C18H14ClN5O/c1-11-2-4-14(19)6-16(11)23-18(25)13(8-20)9-21-15-5-3-12-10-22-24-17(12)7-15/h2-7,9-10,21H,1H3,(H,22,24)(H,23,25)/b13-9-. The van der Waals surface area contributed by atoms with Crippen LogP contribution in [0.3, 0.4) is 0 Å². The normalized spacial score (nSPS) is 11.2. The number of aromatic nitrogens is 2. The van der Waals surface area contributed by atoms with Gasteiger partial charge in [0.1, 0.15) is 11.6 Å². The van der Waals surface area contributed by atoms with Crippen molar-refractivity contribution in [2.24, 2.45) is 0 Å². The van der Waals surface area contributed by atoms with E-state index in [4.69, 9.17) is 11.6 Å². The van der Waals surface area contributed by atoms with E-state index in [-0.39, 0.29) is 5.57 Å². The second-order valence-corrected chi connectivity index (χ2v) is 5.84. The van der Waals surface area contributed by atoms with Crippen molar-refractivity contribution < 1.29 is 4.79 Å². The molecule has 2 aromatic carbocycles. The highest BCUT2D eigenvalue weighted by atomic mass is 35.5. The fourth-order valence-electron chi connectivity index (χ4n) is 2.25. The Kier molecular flexibility index (Phi) is 4.68. The van der Waals surface area contributed by atoms with Crippen molar-refractivity contribution in [1.82, 2.24) is 10.2 Å². The lowest BCUT2D eigenvalue weighted by atomic mass is 10.2. The molecular formula is C18H14ClN5O. The number of benzene rings is 2. The molecule has 7 heteroatoms. The Morgan fingerprint density at radius 2 is 2.16 bits per heavy atom. The van der Waals surface area contributed by atoms with Crippen molar-refractivity contribution in [3.63, 3.8) is 0 Å². The van der Waals surface area contributed by atoms with E-state index in [0.717, 1.165) is 22.2 Å². The first kappa shape index (κ1) is 16.6. The van der Waals surface area contributed by atoms with Crippen LogP contribution in [-0.2, 0) is 4.79 Å². The maximum absolute atomic E-state index is 12.3. The number of H-pyrrole nitrogens is 1. The number of hydrogen-bond acceptors (Lipinski definition) is 4. The van der Waals surface area contributed by atoms with Crippen LogP contribution in [0.5, 0.6) is 0 Å². The van der Waals surface area contributed by atoms with Gasteiger partial charge in [0.15, 0.2) is 0 Å². The van der Waals surface area contributed by atoms with Crippen molar-refractivity contribution in [3.8, 4) is 6.07 Å². The number of nitriles is 1. The van der Waals surface area contributed by atoms with Gasteiger partial charge in [0, 0.05) is 28.0 Å². The maximum atomic E-state index is 12.3. The van der Waals surface area contributed by atoms with E-state index in [1.165, 1.54) is 6.20 Å². The molecule has 0 aliphatic heterocycles. The van der Waals surface area contributed by atoms with E-state index in [0.29, 0.717) is 10.7 Å². The number of aromatic amines is 1. The fraction of sp³-hybridized carbons (Fsp3) is 0.0556. The third kappa shape index (κ3) is 3.79. The van der Waals surface area contributed by atoms with Crippen LogP contribution in [0.1, 0.15) is 5.56 Å². The summed E-state index contributed by atoms with van der Waals surface area (Å²) in [5.41, 5.74) is 2.96. The summed E-state index contributed by atoms with van der Waals surface area (Å²) in [7, 11) is 0. The second-order valence-electron chi connectivity index (χ2n) is 5.40. The number of aryl methyl sites for hydroxylation is 1. The number of fused-ring (bicyclic) bond motifs is 1. The van der Waals surface area contributed by atoms with Crippen molar-refractivity contribution in [1.29, 1.82) is 5.26 Å². The Morgan fingerprint density at radius 3 is 2.96 bits per heavy atom. The number of nitrogens with zero attached hydrogens (tertiary/aromatic N) is 2. The van der Waals surface area contributed by atoms with Crippen LogP contribution in [-0.4, -0.2) is 16.1 Å². The molecular weight excluding hydrogens is 338 g/mol. The van der Waals surface area contributed by atoms with Crippen LogP contribution in [0, 0.1) is 18.3 Å². The van der Waals surface area contributed by atoms with Gasteiger partial charge in [-0.05, 0) is 42.8 Å². The zero-order valence-corrected chi connectivity index (χ0v) is 14.1. The molecule has 0 saturated carbocycles. The Balaban J connectivity index is 1.76. The molecule has 0 saturated heterocycles. The lowest BCUT2D eigenvalue weighted by Crippen LogP contribution is -2.15. The number of nitrogens with one attached hydrogen (secondary N) is 3. The van der Waals surface area contributed by atoms with Crippen molar-refractivity contribution >= 4 is 39.8 Å². The maximum Gasteiger partial charge on any atom is 0.267 e. The molecule has 0 unspecified atom stereocenters. The summed E-state index contributed by atoms with van der Waals surface area (Å²) in [6.45, 7) is 1.85. The molecule has 25 heavy (non-hydrogen) atoms. The molecule has 124 valence electrons. The largest absolute Gasteiger partial charge is 0.360 e. The van der Waals surface area contributed by atoms with Gasteiger partial charge in [-0.15, -0.1) is 0 Å². The Hall–Kier alpha value is -3.30. The van der Waals surface area contributed by atoms with Crippen LogP contribution < -0.4 is 10.6 Å². The summed E-state index contributed by atoms with van der Waals surface area (Å²) in [6.07, 6.45) is 3.09. The average Bonchev–Trinajstić information content (AvgIpc) is 3.06. The van der Waals surface area contributed by atoms with Crippen LogP contribution in [0.2, 0.25) is 5.02 Å². The summed E-state index contributed by atoms with van der Waals surface area (Å²) in [6, 6.07) is 12.6. The van der Waals surface area contributed by atoms with Gasteiger partial charge in [0.05, 0.1) is 11.7 Å². The third-order valence-corrected chi connectivity index (χ3v) is 3.87. The molecule has 1 aromatic heterocycles. The first-order valence-corrected chi connectivity index (χ1v) is 7.82. The average molecular weight is 352 g/mol. The van der Waals surface area contributed by atoms with Gasteiger partial charge in [-0.2, -0.15) is 10.4 Å². The van der Waals surface area contributed by atoms with E-state index < -0.39 is 5.91 Å². The van der Waals surface area contributed by atoms with E-state index in [1.807, 2.05) is 31.2 Å². The minimum absolute atomic E-state index is 0.0518. The van der Waals surface area contributed by atoms with Gasteiger partial charge in [-0.25, -0.2) is 0 Å². The number of anilines is 2. The van der Waals surface area contributed by atoms with E-state index in [1.54, 1.807) is 24.4 Å². The molecule has 0 radical (unpaired) electrons. The lowest BCUT2D eigenvalue weighted by Gasteiger charge is -2.08. The topological polar surface area (TPSA) is 93.6 Å². The highest BCUT2D eigenvalue weighted by molar-refractivity contribution is 6.31. The van der Waals surface area contributed by atoms with E-state index >= 15 is 0 Å². The molecule has 3 N–H and O–H groups in total. The SMILES string of the molecule is Cc1ccc(Cl)cc1NC(=O)/C(C#N)=C\Nc1ccc2cn[nH]c2c1. The molecule has 0 fully saturated rings. The highest BCUT2D eigenvalue weighted by Gasteiger charge is 2.11. The fourth-order valence-corrected chi connectivity index (χ4v) is 2.42. The van der Waals surface area contributed by atoms with Crippen LogP contribution in [0.15, 0.2) is 54.4 Å². The van der Waals surface area contributed by atoms with Gasteiger partial charge in [-0.3, -0.25) is 9.89 Å². The summed E-state index contributed by atoms with van der Waals surface area (Å²) in [5.74, 6) is -0.511. The van der Waals surface area contributed by atoms with E-state index in [2.05, 4.69) is 20.8 Å². The number of halogens is 1. The minimum Gasteiger partial charge on any atom is -0.360 e. The van der Waals surface area contributed by atoms with Crippen molar-refractivity contribution in [2.75, 3.05) is 10.6 Å². The summed E-state index contributed by atoms with van der Waals surface area (Å²) in [4.78, 5) is 12.3. The van der Waals surface area contributed by atoms with Gasteiger partial charge in [-0.1, -0.05) is 17.7 Å². The quantitative estimate of drug-likeness (QED) is 0.489. The lowest BCUT2D eigenvalue weighted by molar-refractivity contribution is -0.112. The molecule has 6 nitrogen and oxygen atoms in total. The van der Waals surface area contributed by atoms with Gasteiger partial charge < -0.3 is 10.6 Å². The summed E-state index contributed by atoms with van der Waals surface area (Å²) >= 11 is 5.94. The smallest absolute Gasteiger partial charge is 0.267 e. The van der Waals surface area contributed by atoms with Crippen LogP contribution in [0.25, 0.3) is 10.9 Å². The minimum atomic E-state index is -0.511. The van der Waals surface area contributed by atoms with Gasteiger partial charge in [0.2, 0.25) is 0 Å². The Labute approximate surface area is 149 Å². The molecule has 0 spiro atoms. The van der Waals surface area contributed by atoms with Crippen molar-refractivity contribution in [3.05, 3.63) is 65.0 Å². The van der Waals surface area contributed by atoms with Crippen molar-refractivity contribution in [2.45, 2.75) is 6.92 Å². The first-order valence-electron chi connectivity index (χ1n) is 7.44. The summed E-state index contributed by atoms with van der Waals surface area (Å²) < 4.78 is 0. The first-order chi connectivity index (χ1) is 12.1. The number of amides is 1. The monoisotopic (exact) mass is 351 g/mol. The van der Waals surface area contributed by atoms with E-state index in [9.17, 15) is 10.1 Å². The van der Waals surface area contributed by atoms with Crippen LogP contribution in [0.4, 0.5) is 11.4 Å². The number of carbonyl (C=O) groups excluding carboxylic acids is 1. The Morgan fingerprint density at radius 1 is 1.32 bits per heavy atom. The number of hydrogen-bond donors (Lipinski definition) is 3. The van der Waals surface area contributed by atoms with Gasteiger partial charge >= 0.3 is 0 Å². The number of rotatable bonds is 4. The molecule has 0 aliphatic carbocycles.